The van der Waals surface area contributed by atoms with E-state index in [1.54, 1.807) is 43.3 Å². The molecule has 0 spiro atoms. The minimum atomic E-state index is -4.10. The van der Waals surface area contributed by atoms with Crippen LogP contribution in [0.25, 0.3) is 11.0 Å². The van der Waals surface area contributed by atoms with Crippen LogP contribution in [0.3, 0.4) is 0 Å². The van der Waals surface area contributed by atoms with Gasteiger partial charge in [-0.2, -0.15) is 0 Å². The molecule has 1 heterocycles. The molecule has 0 saturated carbocycles. The smallest absolute Gasteiger partial charge is 0.336 e. The number of aryl methyl sites for hydroxylation is 1. The van der Waals surface area contributed by atoms with Crippen molar-refractivity contribution in [2.24, 2.45) is 0 Å². The Bertz CT molecular complexity index is 1920. The summed E-state index contributed by atoms with van der Waals surface area (Å²) < 4.78 is 39.8. The highest BCUT2D eigenvalue weighted by Crippen LogP contribution is 2.30. The number of carbonyl (C=O) groups is 1. The molecule has 0 bridgehead atoms. The molecule has 5 rings (SSSR count). The highest BCUT2D eigenvalue weighted by Gasteiger charge is 2.20. The van der Waals surface area contributed by atoms with Crippen molar-refractivity contribution in [3.63, 3.8) is 0 Å². The lowest BCUT2D eigenvalue weighted by Gasteiger charge is -2.14. The third kappa shape index (κ3) is 5.96. The van der Waals surface area contributed by atoms with Crippen molar-refractivity contribution in [2.45, 2.75) is 11.8 Å². The summed E-state index contributed by atoms with van der Waals surface area (Å²) in [6.07, 6.45) is 0. The second-order valence-electron chi connectivity index (χ2n) is 8.71. The number of benzene rings is 4. The van der Waals surface area contributed by atoms with E-state index in [0.717, 1.165) is 10.9 Å². The van der Waals surface area contributed by atoms with Crippen LogP contribution < -0.4 is 20.4 Å². The SMILES string of the molecule is Cc1cc(=O)oc2cc(NC(=O)c3cc(Cl)ccc3NS(=O)(=O)c3ccc(Oc4ccccc4Cl)cc3)ccc12. The van der Waals surface area contributed by atoms with Crippen molar-refractivity contribution >= 4 is 61.5 Å². The molecule has 5 aromatic rings. The fourth-order valence-corrected chi connectivity index (χ4v) is 5.37. The molecule has 0 fully saturated rings. The van der Waals surface area contributed by atoms with Crippen LogP contribution in [-0.2, 0) is 10.0 Å². The van der Waals surface area contributed by atoms with Crippen molar-refractivity contribution in [2.75, 3.05) is 10.0 Å². The van der Waals surface area contributed by atoms with Gasteiger partial charge >= 0.3 is 5.63 Å². The molecular formula is C29H20Cl2N2O6S. The quantitative estimate of drug-likeness (QED) is 0.192. The van der Waals surface area contributed by atoms with Crippen molar-refractivity contribution in [1.82, 2.24) is 0 Å². The minimum Gasteiger partial charge on any atom is -0.456 e. The Kier molecular flexibility index (Phi) is 7.53. The topological polar surface area (TPSA) is 115 Å². The maximum absolute atomic E-state index is 13.2. The summed E-state index contributed by atoms with van der Waals surface area (Å²) in [5, 5.41) is 4.06. The number of fused-ring (bicyclic) bond motifs is 1. The van der Waals surface area contributed by atoms with Gasteiger partial charge in [0.25, 0.3) is 15.9 Å². The number of ether oxygens (including phenoxy) is 1. The van der Waals surface area contributed by atoms with E-state index in [-0.39, 0.29) is 21.2 Å². The van der Waals surface area contributed by atoms with Crippen LogP contribution >= 0.6 is 23.2 Å². The minimum absolute atomic E-state index is 0.0134. The van der Waals surface area contributed by atoms with Gasteiger partial charge < -0.3 is 14.5 Å². The highest BCUT2D eigenvalue weighted by atomic mass is 35.5. The van der Waals surface area contributed by atoms with Crippen molar-refractivity contribution in [1.29, 1.82) is 0 Å². The summed E-state index contributed by atoms with van der Waals surface area (Å²) >= 11 is 12.2. The van der Waals surface area contributed by atoms with Crippen LogP contribution in [0.1, 0.15) is 15.9 Å². The molecule has 11 heteroatoms. The molecule has 4 aromatic carbocycles. The summed E-state index contributed by atoms with van der Waals surface area (Å²) in [7, 11) is -4.10. The van der Waals surface area contributed by atoms with Crippen LogP contribution in [0, 0.1) is 6.92 Å². The zero-order chi connectivity index (χ0) is 28.4. The van der Waals surface area contributed by atoms with Crippen LogP contribution in [-0.4, -0.2) is 14.3 Å². The van der Waals surface area contributed by atoms with Gasteiger partial charge in [0, 0.05) is 28.2 Å². The van der Waals surface area contributed by atoms with Crippen LogP contribution in [0.15, 0.2) is 105 Å². The number of nitrogens with one attached hydrogen (secondary N) is 2. The van der Waals surface area contributed by atoms with Crippen LogP contribution in [0.4, 0.5) is 11.4 Å². The van der Waals surface area contributed by atoms with Gasteiger partial charge in [-0.15, -0.1) is 0 Å². The maximum atomic E-state index is 13.2. The molecule has 1 aromatic heterocycles. The number of hydrogen-bond acceptors (Lipinski definition) is 6. The van der Waals surface area contributed by atoms with E-state index in [9.17, 15) is 18.0 Å². The number of carbonyl (C=O) groups excluding carboxylic acids is 1. The Morgan fingerprint density at radius 1 is 0.900 bits per heavy atom. The number of hydrogen-bond donors (Lipinski definition) is 2. The van der Waals surface area contributed by atoms with Gasteiger partial charge in [0.15, 0.2) is 0 Å². The van der Waals surface area contributed by atoms with Crippen molar-refractivity contribution in [3.8, 4) is 11.5 Å². The van der Waals surface area contributed by atoms with E-state index in [0.29, 0.717) is 27.8 Å². The lowest BCUT2D eigenvalue weighted by Crippen LogP contribution is -2.18. The van der Waals surface area contributed by atoms with Gasteiger partial charge in [0.1, 0.15) is 17.1 Å². The molecular weight excluding hydrogens is 575 g/mol. The fraction of sp³-hybridized carbons (Fsp3) is 0.0345. The molecule has 0 atom stereocenters. The Balaban J connectivity index is 1.38. The van der Waals surface area contributed by atoms with E-state index in [2.05, 4.69) is 10.0 Å². The number of rotatable bonds is 7. The predicted molar refractivity (Wildman–Crippen MR) is 155 cm³/mol. The Hall–Kier alpha value is -4.31. The molecule has 0 aliphatic rings. The first-order valence-electron chi connectivity index (χ1n) is 11.8. The van der Waals surface area contributed by atoms with E-state index in [4.69, 9.17) is 32.4 Å². The Morgan fingerprint density at radius 2 is 1.65 bits per heavy atom. The fourth-order valence-electron chi connectivity index (χ4n) is 3.94. The van der Waals surface area contributed by atoms with Gasteiger partial charge in [-0.3, -0.25) is 9.52 Å². The second-order valence-corrected chi connectivity index (χ2v) is 11.2. The second kappa shape index (κ2) is 11.1. The zero-order valence-corrected chi connectivity index (χ0v) is 23.1. The third-order valence-corrected chi connectivity index (χ3v) is 7.81. The average molecular weight is 595 g/mol. The van der Waals surface area contributed by atoms with E-state index in [1.807, 2.05) is 0 Å². The standard InChI is InChI=1S/C29H20Cl2N2O6S/c1-17-14-28(34)39-27-16-19(7-12-22(17)27)32-29(35)23-15-18(30)6-13-25(23)33-40(36,37)21-10-8-20(9-11-21)38-26-5-3-2-4-24(26)31/h2-16,33H,1H3,(H,32,35). The van der Waals surface area contributed by atoms with E-state index < -0.39 is 21.6 Å². The lowest BCUT2D eigenvalue weighted by molar-refractivity contribution is 0.102. The molecule has 8 nitrogen and oxygen atoms in total. The molecule has 0 radical (unpaired) electrons. The number of halogens is 2. The normalized spacial score (nSPS) is 11.3. The van der Waals surface area contributed by atoms with Crippen molar-refractivity contribution in [3.05, 3.63) is 123 Å². The third-order valence-electron chi connectivity index (χ3n) is 5.88. The van der Waals surface area contributed by atoms with Gasteiger partial charge in [0.05, 0.1) is 21.2 Å². The van der Waals surface area contributed by atoms with Gasteiger partial charge in [-0.1, -0.05) is 35.3 Å². The summed E-state index contributed by atoms with van der Waals surface area (Å²) in [6.45, 7) is 1.78. The number of para-hydroxylation sites is 1. The summed E-state index contributed by atoms with van der Waals surface area (Å²) in [4.78, 5) is 24.9. The summed E-state index contributed by atoms with van der Waals surface area (Å²) in [6, 6.07) is 23.1. The molecule has 0 unspecified atom stereocenters. The number of amides is 1. The maximum Gasteiger partial charge on any atom is 0.336 e. The largest absolute Gasteiger partial charge is 0.456 e. The van der Waals surface area contributed by atoms with E-state index in [1.165, 1.54) is 54.6 Å². The van der Waals surface area contributed by atoms with E-state index >= 15 is 0 Å². The monoisotopic (exact) mass is 594 g/mol. The van der Waals surface area contributed by atoms with Crippen molar-refractivity contribution < 1.29 is 22.4 Å². The Labute approximate surface area is 239 Å². The molecule has 0 saturated heterocycles. The summed E-state index contributed by atoms with van der Waals surface area (Å²) in [5.74, 6) is 0.191. The van der Waals surface area contributed by atoms with Crippen LogP contribution in [0.5, 0.6) is 11.5 Å². The first-order chi connectivity index (χ1) is 19.1. The first kappa shape index (κ1) is 27.3. The molecule has 0 aliphatic heterocycles. The van der Waals surface area contributed by atoms with Gasteiger partial charge in [-0.05, 0) is 79.2 Å². The average Bonchev–Trinajstić information content (AvgIpc) is 2.91. The Morgan fingerprint density at radius 3 is 2.40 bits per heavy atom. The summed E-state index contributed by atoms with van der Waals surface area (Å²) in [5.41, 5.74) is 0.871. The van der Waals surface area contributed by atoms with Crippen LogP contribution in [0.2, 0.25) is 10.0 Å². The first-order valence-corrected chi connectivity index (χ1v) is 14.0. The molecule has 202 valence electrons. The lowest BCUT2D eigenvalue weighted by atomic mass is 10.1. The zero-order valence-electron chi connectivity index (χ0n) is 20.8. The number of anilines is 2. The molecule has 1 amide bonds. The molecule has 40 heavy (non-hydrogen) atoms. The van der Waals surface area contributed by atoms with Gasteiger partial charge in [-0.25, -0.2) is 13.2 Å². The number of sulfonamides is 1. The molecule has 0 aliphatic carbocycles. The molecule has 2 N–H and O–H groups in total. The predicted octanol–water partition coefficient (Wildman–Crippen LogP) is 7.25. The highest BCUT2D eigenvalue weighted by molar-refractivity contribution is 7.92. The van der Waals surface area contributed by atoms with Gasteiger partial charge in [0.2, 0.25) is 0 Å².